The first kappa shape index (κ1) is 20.9. The van der Waals surface area contributed by atoms with Crippen molar-refractivity contribution in [3.05, 3.63) is 90.0 Å². The molecular weight excluding hydrogens is 411 g/mol. The molecule has 2 heterocycles. The van der Waals surface area contributed by atoms with Crippen LogP contribution in [0.4, 0.5) is 15.9 Å². The van der Waals surface area contributed by atoms with Crippen LogP contribution >= 0.6 is 0 Å². The van der Waals surface area contributed by atoms with Gasteiger partial charge in [-0.05, 0) is 30.2 Å². The minimum absolute atomic E-state index is 0.0471. The van der Waals surface area contributed by atoms with E-state index in [0.717, 1.165) is 11.6 Å². The van der Waals surface area contributed by atoms with Crippen LogP contribution in [0.5, 0.6) is 11.5 Å². The molecule has 0 fully saturated rings. The number of nitrogens with one attached hydrogen (secondary N) is 1. The molecule has 3 aromatic rings. The van der Waals surface area contributed by atoms with Crippen molar-refractivity contribution < 1.29 is 18.7 Å². The van der Waals surface area contributed by atoms with E-state index in [-0.39, 0.29) is 28.6 Å². The molecule has 32 heavy (non-hydrogen) atoms. The van der Waals surface area contributed by atoms with E-state index in [2.05, 4.69) is 15.3 Å². The fourth-order valence-electron chi connectivity index (χ4n) is 3.21. The molecule has 0 aliphatic carbocycles. The van der Waals surface area contributed by atoms with E-state index >= 15 is 0 Å². The Kier molecular flexibility index (Phi) is 6.03. The number of nitrogens with two attached hydrogens (primary N) is 1. The fourth-order valence-corrected chi connectivity index (χ4v) is 3.21. The molecule has 0 radical (unpaired) electrons. The zero-order chi connectivity index (χ0) is 22.5. The summed E-state index contributed by atoms with van der Waals surface area (Å²) in [5.41, 5.74) is 6.65. The maximum atomic E-state index is 14.5. The number of carbonyl (C=O) groups excluding carboxylic acids is 2. The Morgan fingerprint density at radius 1 is 1.12 bits per heavy atom. The van der Waals surface area contributed by atoms with Gasteiger partial charge in [0.05, 0.1) is 5.92 Å². The number of benzene rings is 2. The van der Waals surface area contributed by atoms with Crippen molar-refractivity contribution in [3.8, 4) is 11.5 Å². The number of amides is 1. The molecule has 3 N–H and O–H groups in total. The molecule has 1 aliphatic heterocycles. The summed E-state index contributed by atoms with van der Waals surface area (Å²) in [5, 5.41) is 2.54. The zero-order valence-electron chi connectivity index (χ0n) is 16.9. The van der Waals surface area contributed by atoms with Crippen molar-refractivity contribution in [1.29, 1.82) is 0 Å². The van der Waals surface area contributed by atoms with Gasteiger partial charge in [0.1, 0.15) is 17.1 Å². The van der Waals surface area contributed by atoms with Crippen LogP contribution in [-0.2, 0) is 16.0 Å². The summed E-state index contributed by atoms with van der Waals surface area (Å²) < 4.78 is 19.9. The summed E-state index contributed by atoms with van der Waals surface area (Å²) in [6.07, 6.45) is 4.64. The Hall–Kier alpha value is -4.33. The number of rotatable bonds is 6. The van der Waals surface area contributed by atoms with E-state index in [0.29, 0.717) is 12.2 Å². The first-order chi connectivity index (χ1) is 15.5. The third kappa shape index (κ3) is 4.86. The normalized spacial score (nSPS) is 15.2. The first-order valence-corrected chi connectivity index (χ1v) is 9.81. The summed E-state index contributed by atoms with van der Waals surface area (Å²) in [4.78, 5) is 33.3. The van der Waals surface area contributed by atoms with Gasteiger partial charge >= 0.3 is 0 Å². The second-order valence-electron chi connectivity index (χ2n) is 7.12. The van der Waals surface area contributed by atoms with Crippen LogP contribution in [0, 0.1) is 11.7 Å². The Labute approximate surface area is 183 Å². The average Bonchev–Trinajstić information content (AvgIpc) is 2.78. The molecule has 8 heteroatoms. The van der Waals surface area contributed by atoms with Gasteiger partial charge in [0.25, 0.3) is 5.91 Å². The molecular formula is C24H19FN4O3. The summed E-state index contributed by atoms with van der Waals surface area (Å²) in [6.45, 7) is 0. The predicted molar refractivity (Wildman–Crippen MR) is 119 cm³/mol. The number of ketones is 1. The number of aromatic nitrogens is 1. The fraction of sp³-hybridized carbons (Fsp3) is 0.0833. The van der Waals surface area contributed by atoms with Gasteiger partial charge in [-0.1, -0.05) is 30.3 Å². The number of nitrogens with zero attached hydrogens (tertiary/aromatic N) is 2. The van der Waals surface area contributed by atoms with Crippen LogP contribution in [0.1, 0.15) is 5.56 Å². The van der Waals surface area contributed by atoms with Crippen LogP contribution in [0.2, 0.25) is 0 Å². The Morgan fingerprint density at radius 2 is 1.94 bits per heavy atom. The number of anilines is 2. The maximum Gasteiger partial charge on any atom is 0.260 e. The van der Waals surface area contributed by atoms with Crippen molar-refractivity contribution in [2.75, 3.05) is 11.1 Å². The standard InChI is InChI=1S/C24H19FN4O3/c25-20-11-17(6-7-21(20)32-18-8-9-28-22(26)12-18)29-24(31)19-14-27-13-16(23(19)30)10-15-4-2-1-3-5-15/h1-9,11-14,16H,10H2,(H2,26,28)(H,29,31). The minimum atomic E-state index is -0.692. The van der Waals surface area contributed by atoms with E-state index in [9.17, 15) is 14.0 Å². The van der Waals surface area contributed by atoms with Crippen molar-refractivity contribution in [2.24, 2.45) is 10.9 Å². The van der Waals surface area contributed by atoms with E-state index in [1.165, 1.54) is 36.8 Å². The molecule has 1 unspecified atom stereocenters. The summed E-state index contributed by atoms with van der Waals surface area (Å²) in [6, 6.07) is 16.4. The molecule has 0 saturated carbocycles. The molecule has 160 valence electrons. The molecule has 0 saturated heterocycles. The molecule has 4 rings (SSSR count). The van der Waals surface area contributed by atoms with Gasteiger partial charge in [0.2, 0.25) is 0 Å². The number of aliphatic imine (C=N–C) groups is 1. The molecule has 2 aromatic carbocycles. The molecule has 0 spiro atoms. The highest BCUT2D eigenvalue weighted by molar-refractivity contribution is 6.27. The lowest BCUT2D eigenvalue weighted by Crippen LogP contribution is -2.29. The van der Waals surface area contributed by atoms with E-state index < -0.39 is 17.6 Å². The number of halogens is 1. The SMILES string of the molecule is Nc1cc(Oc2ccc(NC(=O)C3=CN=CC(Cc4ccccc4)C3=O)cc2F)ccn1. The second kappa shape index (κ2) is 9.22. The highest BCUT2D eigenvalue weighted by atomic mass is 19.1. The number of hydrogen-bond acceptors (Lipinski definition) is 6. The molecule has 1 amide bonds. The summed E-state index contributed by atoms with van der Waals surface area (Å²) in [7, 11) is 0. The number of carbonyl (C=O) groups is 2. The Bertz CT molecular complexity index is 1220. The quantitative estimate of drug-likeness (QED) is 0.577. The maximum absolute atomic E-state index is 14.5. The van der Waals surface area contributed by atoms with E-state index in [1.807, 2.05) is 30.3 Å². The van der Waals surface area contributed by atoms with Gasteiger partial charge < -0.3 is 15.8 Å². The van der Waals surface area contributed by atoms with Gasteiger partial charge in [-0.25, -0.2) is 9.37 Å². The lowest BCUT2D eigenvalue weighted by atomic mass is 9.90. The topological polar surface area (TPSA) is 107 Å². The van der Waals surface area contributed by atoms with E-state index in [1.54, 1.807) is 6.07 Å². The van der Waals surface area contributed by atoms with Crippen molar-refractivity contribution >= 4 is 29.4 Å². The van der Waals surface area contributed by atoms with Gasteiger partial charge in [0.15, 0.2) is 17.3 Å². The second-order valence-corrected chi connectivity index (χ2v) is 7.12. The minimum Gasteiger partial charge on any atom is -0.454 e. The van der Waals surface area contributed by atoms with Crippen LogP contribution in [0.25, 0.3) is 0 Å². The van der Waals surface area contributed by atoms with Gasteiger partial charge in [0, 0.05) is 36.4 Å². The van der Waals surface area contributed by atoms with Crippen molar-refractivity contribution in [1.82, 2.24) is 4.98 Å². The highest BCUT2D eigenvalue weighted by Gasteiger charge is 2.28. The number of pyridine rings is 1. The molecule has 1 aliphatic rings. The number of nitrogen functional groups attached to an aromatic ring is 1. The van der Waals surface area contributed by atoms with Gasteiger partial charge in [-0.15, -0.1) is 0 Å². The lowest BCUT2D eigenvalue weighted by molar-refractivity contribution is -0.121. The first-order valence-electron chi connectivity index (χ1n) is 9.81. The highest BCUT2D eigenvalue weighted by Crippen LogP contribution is 2.27. The number of Topliss-reactive ketones (excluding diaryl/α,β-unsaturated/α-hetero) is 1. The van der Waals surface area contributed by atoms with Crippen molar-refractivity contribution in [3.63, 3.8) is 0 Å². The van der Waals surface area contributed by atoms with Crippen LogP contribution in [0.3, 0.4) is 0 Å². The van der Waals surface area contributed by atoms with Gasteiger partial charge in [-0.2, -0.15) is 0 Å². The monoisotopic (exact) mass is 430 g/mol. The number of hydrogen-bond donors (Lipinski definition) is 2. The average molecular weight is 430 g/mol. The summed E-state index contributed by atoms with van der Waals surface area (Å²) >= 11 is 0. The lowest BCUT2D eigenvalue weighted by Gasteiger charge is -2.16. The van der Waals surface area contributed by atoms with Crippen LogP contribution < -0.4 is 15.8 Å². The molecule has 1 atom stereocenters. The van der Waals surface area contributed by atoms with E-state index in [4.69, 9.17) is 10.5 Å². The largest absolute Gasteiger partial charge is 0.454 e. The third-order valence-corrected chi connectivity index (χ3v) is 4.79. The van der Waals surface area contributed by atoms with Crippen molar-refractivity contribution in [2.45, 2.75) is 6.42 Å². The molecule has 7 nitrogen and oxygen atoms in total. The van der Waals surface area contributed by atoms with Crippen LogP contribution in [0.15, 0.2) is 83.6 Å². The third-order valence-electron chi connectivity index (χ3n) is 4.79. The zero-order valence-corrected chi connectivity index (χ0v) is 16.9. The Balaban J connectivity index is 1.43. The number of ether oxygens (including phenoxy) is 1. The van der Waals surface area contributed by atoms with Gasteiger partial charge in [-0.3, -0.25) is 14.6 Å². The molecule has 0 bridgehead atoms. The molecule has 1 aromatic heterocycles. The smallest absolute Gasteiger partial charge is 0.260 e. The van der Waals surface area contributed by atoms with Crippen LogP contribution in [-0.4, -0.2) is 22.9 Å². The summed E-state index contributed by atoms with van der Waals surface area (Å²) in [5.74, 6) is -1.70. The Morgan fingerprint density at radius 3 is 2.69 bits per heavy atom. The predicted octanol–water partition coefficient (Wildman–Crippen LogP) is 3.93.